The molecule has 2 aromatic heterocycles. The van der Waals surface area contributed by atoms with Gasteiger partial charge in [0.2, 0.25) is 0 Å². The summed E-state index contributed by atoms with van der Waals surface area (Å²) in [5.41, 5.74) is 7.10. The van der Waals surface area contributed by atoms with Crippen LogP contribution in [0.25, 0.3) is 32.1 Å². The first-order valence-electron chi connectivity index (χ1n) is 11.1. The Morgan fingerprint density at radius 3 is 2.57 bits per heavy atom. The lowest BCUT2D eigenvalue weighted by molar-refractivity contribution is 0.0951. The van der Waals surface area contributed by atoms with E-state index in [0.717, 1.165) is 37.6 Å². The predicted molar refractivity (Wildman–Crippen MR) is 147 cm³/mol. The number of rotatable bonds is 4. The third-order valence-electron chi connectivity index (χ3n) is 5.95. The molecule has 7 heteroatoms. The van der Waals surface area contributed by atoms with Gasteiger partial charge >= 0.3 is 0 Å². The van der Waals surface area contributed by atoms with Crippen LogP contribution in [0.2, 0.25) is 0 Å². The van der Waals surface area contributed by atoms with Gasteiger partial charge in [-0.2, -0.15) is 0 Å². The lowest BCUT2D eigenvalue weighted by Gasteiger charge is -2.13. The normalized spacial score (nSPS) is 10.9. The molecule has 0 radical (unpaired) electrons. The Morgan fingerprint density at radius 1 is 0.943 bits per heavy atom. The van der Waals surface area contributed by atoms with E-state index in [1.165, 1.54) is 11.1 Å². The summed E-state index contributed by atoms with van der Waals surface area (Å²) in [6, 6.07) is 23.5. The molecule has 1 amide bonds. The average molecular weight is 498 g/mol. The maximum atomic E-state index is 12.7. The summed E-state index contributed by atoms with van der Waals surface area (Å²) in [6.45, 7) is 6.12. The van der Waals surface area contributed by atoms with Gasteiger partial charge in [-0.15, -0.1) is 11.3 Å². The van der Waals surface area contributed by atoms with Crippen LogP contribution in [0.5, 0.6) is 0 Å². The molecule has 5 aromatic rings. The van der Waals surface area contributed by atoms with E-state index in [1.54, 1.807) is 23.5 Å². The standard InChI is InChI=1S/C28H23N3O2S2/c1-16-11-12-19(15-17(16)2)23-13-14-24(33-23)26(32)31-28(34)30-21-9-6-7-20(18(21)3)27-29-22-8-4-5-10-25(22)35-27/h4-15H,1-3H3,(H2,30,31,32,34). The number of nitrogens with one attached hydrogen (secondary N) is 2. The van der Waals surface area contributed by atoms with Crippen LogP contribution in [-0.4, -0.2) is 16.0 Å². The molecular formula is C28H23N3O2S2. The Labute approximate surface area is 212 Å². The van der Waals surface area contributed by atoms with Crippen LogP contribution in [0.1, 0.15) is 27.2 Å². The van der Waals surface area contributed by atoms with Crippen molar-refractivity contribution in [1.29, 1.82) is 0 Å². The zero-order valence-electron chi connectivity index (χ0n) is 19.5. The van der Waals surface area contributed by atoms with Crippen LogP contribution in [0.3, 0.4) is 0 Å². The second kappa shape index (κ2) is 9.44. The highest BCUT2D eigenvalue weighted by molar-refractivity contribution is 7.80. The Kier molecular flexibility index (Phi) is 6.19. The van der Waals surface area contributed by atoms with E-state index in [-0.39, 0.29) is 10.9 Å². The first-order chi connectivity index (χ1) is 16.9. The van der Waals surface area contributed by atoms with E-state index >= 15 is 0 Å². The van der Waals surface area contributed by atoms with Crippen LogP contribution >= 0.6 is 23.6 Å². The lowest BCUT2D eigenvalue weighted by Crippen LogP contribution is -2.34. The summed E-state index contributed by atoms with van der Waals surface area (Å²) in [5, 5.41) is 6.99. The van der Waals surface area contributed by atoms with Gasteiger partial charge in [0.25, 0.3) is 5.91 Å². The fourth-order valence-corrected chi connectivity index (χ4v) is 5.07. The number of thiazole rings is 1. The predicted octanol–water partition coefficient (Wildman–Crippen LogP) is 7.28. The summed E-state index contributed by atoms with van der Waals surface area (Å²) < 4.78 is 6.94. The van der Waals surface area contributed by atoms with Gasteiger partial charge < -0.3 is 9.73 Å². The van der Waals surface area contributed by atoms with Crippen LogP contribution in [0.15, 0.2) is 77.2 Å². The molecule has 5 nitrogen and oxygen atoms in total. The van der Waals surface area contributed by atoms with Gasteiger partial charge in [0, 0.05) is 16.8 Å². The SMILES string of the molecule is Cc1ccc(-c2ccc(C(=O)NC(=S)Nc3cccc(-c4nc5ccccc5s4)c3C)o2)cc1C. The van der Waals surface area contributed by atoms with E-state index in [2.05, 4.69) is 23.6 Å². The molecule has 5 rings (SSSR count). The Balaban J connectivity index is 1.30. The van der Waals surface area contributed by atoms with Crippen molar-refractivity contribution >= 4 is 50.5 Å². The highest BCUT2D eigenvalue weighted by Gasteiger charge is 2.16. The molecule has 0 saturated carbocycles. The number of amides is 1. The number of carbonyl (C=O) groups excluding carboxylic acids is 1. The van der Waals surface area contributed by atoms with Crippen molar-refractivity contribution in [1.82, 2.24) is 10.3 Å². The van der Waals surface area contributed by atoms with Crippen molar-refractivity contribution in [2.45, 2.75) is 20.8 Å². The molecule has 35 heavy (non-hydrogen) atoms. The van der Waals surface area contributed by atoms with Gasteiger partial charge in [-0.1, -0.05) is 36.4 Å². The zero-order valence-corrected chi connectivity index (χ0v) is 21.1. The van der Waals surface area contributed by atoms with Gasteiger partial charge in [-0.05, 0) is 86.1 Å². The summed E-state index contributed by atoms with van der Waals surface area (Å²) in [4.78, 5) is 17.5. The molecular weight excluding hydrogens is 474 g/mol. The van der Waals surface area contributed by atoms with Crippen molar-refractivity contribution < 1.29 is 9.21 Å². The smallest absolute Gasteiger partial charge is 0.293 e. The number of anilines is 1. The number of furan rings is 1. The molecule has 0 fully saturated rings. The zero-order chi connectivity index (χ0) is 24.5. The maximum Gasteiger partial charge on any atom is 0.293 e. The number of hydrogen-bond acceptors (Lipinski definition) is 5. The van der Waals surface area contributed by atoms with Crippen molar-refractivity contribution in [2.75, 3.05) is 5.32 Å². The van der Waals surface area contributed by atoms with E-state index in [9.17, 15) is 4.79 Å². The van der Waals surface area contributed by atoms with Crippen LogP contribution in [0.4, 0.5) is 5.69 Å². The highest BCUT2D eigenvalue weighted by atomic mass is 32.1. The molecule has 174 valence electrons. The molecule has 0 aliphatic carbocycles. The molecule has 0 unspecified atom stereocenters. The second-order valence-corrected chi connectivity index (χ2v) is 9.77. The number of para-hydroxylation sites is 1. The van der Waals surface area contributed by atoms with Crippen molar-refractivity contribution in [3.8, 4) is 21.9 Å². The highest BCUT2D eigenvalue weighted by Crippen LogP contribution is 2.34. The molecule has 0 aliphatic heterocycles. The second-order valence-electron chi connectivity index (χ2n) is 8.34. The summed E-state index contributed by atoms with van der Waals surface area (Å²) >= 11 is 7.07. The molecule has 0 aliphatic rings. The third-order valence-corrected chi connectivity index (χ3v) is 7.23. The summed E-state index contributed by atoms with van der Waals surface area (Å²) in [5.74, 6) is 0.427. The van der Waals surface area contributed by atoms with Gasteiger partial charge in [0.05, 0.1) is 10.2 Å². The first kappa shape index (κ1) is 23.0. The average Bonchev–Trinajstić information content (AvgIpc) is 3.50. The minimum absolute atomic E-state index is 0.197. The quantitative estimate of drug-likeness (QED) is 0.256. The summed E-state index contributed by atoms with van der Waals surface area (Å²) in [6.07, 6.45) is 0. The number of hydrogen-bond donors (Lipinski definition) is 2. The first-order valence-corrected chi connectivity index (χ1v) is 12.4. The van der Waals surface area contributed by atoms with Gasteiger partial charge in [0.1, 0.15) is 10.8 Å². The van der Waals surface area contributed by atoms with Gasteiger partial charge in [0.15, 0.2) is 10.9 Å². The number of nitrogens with zero attached hydrogens (tertiary/aromatic N) is 1. The molecule has 0 spiro atoms. The van der Waals surface area contributed by atoms with E-state index in [1.807, 2.05) is 68.4 Å². The van der Waals surface area contributed by atoms with E-state index in [0.29, 0.717) is 5.76 Å². The van der Waals surface area contributed by atoms with Gasteiger partial charge in [-0.3, -0.25) is 10.1 Å². The van der Waals surface area contributed by atoms with Gasteiger partial charge in [-0.25, -0.2) is 4.98 Å². The number of benzene rings is 3. The Bertz CT molecular complexity index is 1550. The number of aryl methyl sites for hydroxylation is 2. The molecule has 2 N–H and O–H groups in total. The van der Waals surface area contributed by atoms with Crippen LogP contribution in [0, 0.1) is 20.8 Å². The lowest BCUT2D eigenvalue weighted by atomic mass is 10.1. The molecule has 2 heterocycles. The minimum Gasteiger partial charge on any atom is -0.451 e. The van der Waals surface area contributed by atoms with Crippen molar-refractivity contribution in [3.05, 3.63) is 95.2 Å². The Morgan fingerprint density at radius 2 is 1.77 bits per heavy atom. The van der Waals surface area contributed by atoms with Crippen molar-refractivity contribution in [3.63, 3.8) is 0 Å². The fraction of sp³-hybridized carbons (Fsp3) is 0.107. The van der Waals surface area contributed by atoms with E-state index in [4.69, 9.17) is 21.6 Å². The third kappa shape index (κ3) is 4.73. The van der Waals surface area contributed by atoms with Crippen LogP contribution in [-0.2, 0) is 0 Å². The topological polar surface area (TPSA) is 67.2 Å². The molecule has 0 atom stereocenters. The van der Waals surface area contributed by atoms with Crippen molar-refractivity contribution in [2.24, 2.45) is 0 Å². The Hall–Kier alpha value is -3.81. The van der Waals surface area contributed by atoms with E-state index < -0.39 is 5.91 Å². The number of fused-ring (bicyclic) bond motifs is 1. The largest absolute Gasteiger partial charge is 0.451 e. The molecule has 0 saturated heterocycles. The van der Waals surface area contributed by atoms with Crippen LogP contribution < -0.4 is 10.6 Å². The fourth-order valence-electron chi connectivity index (χ4n) is 3.82. The molecule has 3 aromatic carbocycles. The minimum atomic E-state index is -0.405. The maximum absolute atomic E-state index is 12.7. The number of thiocarbonyl (C=S) groups is 1. The molecule has 0 bridgehead atoms. The monoisotopic (exact) mass is 497 g/mol. The number of aromatic nitrogens is 1. The number of carbonyl (C=O) groups is 1. The summed E-state index contributed by atoms with van der Waals surface area (Å²) in [7, 11) is 0.